The van der Waals surface area contributed by atoms with E-state index in [1.165, 1.54) is 0 Å². The lowest BCUT2D eigenvalue weighted by molar-refractivity contribution is -0.145. The summed E-state index contributed by atoms with van der Waals surface area (Å²) in [5.41, 5.74) is -0.558. The number of amides is 1. The normalized spacial score (nSPS) is 16.6. The maximum Gasteiger partial charge on any atom is 0.407 e. The molecule has 0 aliphatic rings. The quantitative estimate of drug-likeness (QED) is 0.807. The summed E-state index contributed by atoms with van der Waals surface area (Å²) in [6, 6.07) is -0.265. The van der Waals surface area contributed by atoms with Crippen molar-refractivity contribution in [3.8, 4) is 0 Å². The van der Waals surface area contributed by atoms with Crippen molar-refractivity contribution >= 4 is 12.1 Å². The van der Waals surface area contributed by atoms with Gasteiger partial charge >= 0.3 is 12.1 Å². The minimum Gasteiger partial charge on any atom is -0.481 e. The van der Waals surface area contributed by atoms with Crippen LogP contribution in [0.25, 0.3) is 0 Å². The van der Waals surface area contributed by atoms with Crippen LogP contribution in [0.5, 0.6) is 0 Å². The summed E-state index contributed by atoms with van der Waals surface area (Å²) in [4.78, 5) is 22.9. The van der Waals surface area contributed by atoms with Gasteiger partial charge in [0.2, 0.25) is 0 Å². The molecule has 5 heteroatoms. The second-order valence-corrected chi connectivity index (χ2v) is 6.40. The Morgan fingerprint density at radius 2 is 1.58 bits per heavy atom. The summed E-state index contributed by atoms with van der Waals surface area (Å²) in [6.45, 7) is 12.7. The number of carboxylic acid groups (broad SMARTS) is 1. The third-order valence-corrected chi connectivity index (χ3v) is 3.10. The molecule has 3 atom stereocenters. The first-order chi connectivity index (χ1) is 8.45. The van der Waals surface area contributed by atoms with Crippen LogP contribution >= 0.6 is 0 Å². The first-order valence-electron chi connectivity index (χ1n) is 6.68. The number of carboxylic acids is 1. The smallest absolute Gasteiger partial charge is 0.407 e. The Balaban J connectivity index is 4.60. The highest BCUT2D eigenvalue weighted by atomic mass is 16.6. The van der Waals surface area contributed by atoms with Gasteiger partial charge in [-0.3, -0.25) is 4.79 Å². The molecule has 0 rings (SSSR count). The number of hydrogen-bond donors (Lipinski definition) is 2. The minimum atomic E-state index is -0.833. The summed E-state index contributed by atoms with van der Waals surface area (Å²) in [7, 11) is 0. The number of carbonyl (C=O) groups excluding carboxylic acids is 1. The number of rotatable bonds is 5. The molecule has 0 bridgehead atoms. The molecule has 0 aromatic carbocycles. The van der Waals surface area contributed by atoms with Crippen molar-refractivity contribution in [2.24, 2.45) is 17.8 Å². The summed E-state index contributed by atoms with van der Waals surface area (Å²) in [5.74, 6) is -1.49. The van der Waals surface area contributed by atoms with Crippen molar-refractivity contribution in [1.29, 1.82) is 0 Å². The average Bonchev–Trinajstić information content (AvgIpc) is 2.12. The topological polar surface area (TPSA) is 75.6 Å². The fourth-order valence-electron chi connectivity index (χ4n) is 2.05. The van der Waals surface area contributed by atoms with Gasteiger partial charge in [-0.25, -0.2) is 4.79 Å². The van der Waals surface area contributed by atoms with Crippen molar-refractivity contribution < 1.29 is 19.4 Å². The molecule has 0 aromatic heterocycles. The summed E-state index contributed by atoms with van der Waals surface area (Å²) < 4.78 is 5.16. The summed E-state index contributed by atoms with van der Waals surface area (Å²) >= 11 is 0. The van der Waals surface area contributed by atoms with E-state index in [-0.39, 0.29) is 17.9 Å². The van der Waals surface area contributed by atoms with Gasteiger partial charge in [-0.05, 0) is 39.5 Å². The first kappa shape index (κ1) is 17.7. The van der Waals surface area contributed by atoms with Crippen LogP contribution in [-0.4, -0.2) is 28.8 Å². The van der Waals surface area contributed by atoms with Crippen LogP contribution in [0.15, 0.2) is 0 Å². The van der Waals surface area contributed by atoms with E-state index < -0.39 is 23.6 Å². The van der Waals surface area contributed by atoms with E-state index in [0.717, 1.165) is 0 Å². The van der Waals surface area contributed by atoms with Crippen molar-refractivity contribution in [2.75, 3.05) is 0 Å². The van der Waals surface area contributed by atoms with Crippen LogP contribution in [0, 0.1) is 17.8 Å². The lowest BCUT2D eigenvalue weighted by Crippen LogP contribution is -2.44. The van der Waals surface area contributed by atoms with Crippen LogP contribution < -0.4 is 5.32 Å². The van der Waals surface area contributed by atoms with E-state index in [4.69, 9.17) is 4.74 Å². The van der Waals surface area contributed by atoms with Crippen LogP contribution in [0.3, 0.4) is 0 Å². The predicted molar refractivity (Wildman–Crippen MR) is 74.0 cm³/mol. The zero-order valence-electron chi connectivity index (χ0n) is 13.0. The Hall–Kier alpha value is -1.26. The van der Waals surface area contributed by atoms with Crippen molar-refractivity contribution in [1.82, 2.24) is 5.32 Å². The molecular formula is C14H27NO4. The zero-order chi connectivity index (χ0) is 15.4. The Bertz CT molecular complexity index is 320. The van der Waals surface area contributed by atoms with Gasteiger partial charge in [-0.15, -0.1) is 0 Å². The standard InChI is InChI=1S/C14H27NO4/c1-8(2)11(12(16)17)9(3)10(4)15-13(18)19-14(5,6)7/h8-11H,1-7H3,(H,15,18)(H,16,17)/t9-,10+,11+/m0/s1. The van der Waals surface area contributed by atoms with Crippen LogP contribution in [0.1, 0.15) is 48.5 Å². The maximum atomic E-state index is 11.7. The molecule has 0 aromatic rings. The second-order valence-electron chi connectivity index (χ2n) is 6.40. The van der Waals surface area contributed by atoms with Gasteiger partial charge in [0.25, 0.3) is 0 Å². The molecule has 5 nitrogen and oxygen atoms in total. The Morgan fingerprint density at radius 3 is 1.89 bits per heavy atom. The van der Waals surface area contributed by atoms with Crippen LogP contribution in [0.4, 0.5) is 4.79 Å². The van der Waals surface area contributed by atoms with Gasteiger partial charge in [0.05, 0.1) is 5.92 Å². The van der Waals surface area contributed by atoms with Gasteiger partial charge in [-0.2, -0.15) is 0 Å². The minimum absolute atomic E-state index is 0.00962. The highest BCUT2D eigenvalue weighted by molar-refractivity contribution is 5.71. The van der Waals surface area contributed by atoms with Gasteiger partial charge in [0, 0.05) is 6.04 Å². The molecule has 0 spiro atoms. The molecule has 0 unspecified atom stereocenters. The molecule has 112 valence electrons. The summed E-state index contributed by atoms with van der Waals surface area (Å²) in [6.07, 6.45) is -0.514. The largest absolute Gasteiger partial charge is 0.481 e. The number of carbonyl (C=O) groups is 2. The molecule has 0 radical (unpaired) electrons. The first-order valence-corrected chi connectivity index (χ1v) is 6.68. The fraction of sp³-hybridized carbons (Fsp3) is 0.857. The van der Waals surface area contributed by atoms with E-state index in [2.05, 4.69) is 5.32 Å². The molecule has 0 aliphatic heterocycles. The highest BCUT2D eigenvalue weighted by Gasteiger charge is 2.32. The van der Waals surface area contributed by atoms with Crippen molar-refractivity contribution in [3.05, 3.63) is 0 Å². The van der Waals surface area contributed by atoms with Gasteiger partial charge < -0.3 is 15.2 Å². The molecule has 0 saturated heterocycles. The molecule has 0 aliphatic carbocycles. The van der Waals surface area contributed by atoms with E-state index in [1.807, 2.05) is 20.8 Å². The molecule has 1 amide bonds. The van der Waals surface area contributed by atoms with E-state index in [0.29, 0.717) is 0 Å². The Kier molecular flexibility index (Phi) is 6.33. The third kappa shape index (κ3) is 6.45. The van der Waals surface area contributed by atoms with E-state index >= 15 is 0 Å². The maximum absolute atomic E-state index is 11.7. The predicted octanol–water partition coefficient (Wildman–Crippen LogP) is 2.89. The van der Waals surface area contributed by atoms with Crippen molar-refractivity contribution in [3.63, 3.8) is 0 Å². The van der Waals surface area contributed by atoms with Gasteiger partial charge in [0.15, 0.2) is 0 Å². The number of hydrogen-bond acceptors (Lipinski definition) is 3. The lowest BCUT2D eigenvalue weighted by atomic mass is 9.81. The molecule has 2 N–H and O–H groups in total. The van der Waals surface area contributed by atoms with Crippen LogP contribution in [0.2, 0.25) is 0 Å². The summed E-state index contributed by atoms with van der Waals surface area (Å²) in [5, 5.41) is 11.9. The Labute approximate surface area is 115 Å². The highest BCUT2D eigenvalue weighted by Crippen LogP contribution is 2.24. The SMILES string of the molecule is CC(C)[C@@H](C(=O)O)[C@@H](C)[C@@H](C)NC(=O)OC(C)(C)C. The number of ether oxygens (including phenoxy) is 1. The number of aliphatic carboxylic acids is 1. The lowest BCUT2D eigenvalue weighted by Gasteiger charge is -2.30. The number of nitrogens with one attached hydrogen (secondary N) is 1. The zero-order valence-corrected chi connectivity index (χ0v) is 13.0. The molecule has 0 saturated carbocycles. The molecular weight excluding hydrogens is 246 g/mol. The van der Waals surface area contributed by atoms with E-state index in [1.54, 1.807) is 27.7 Å². The molecule has 19 heavy (non-hydrogen) atoms. The van der Waals surface area contributed by atoms with Gasteiger partial charge in [-0.1, -0.05) is 20.8 Å². The van der Waals surface area contributed by atoms with E-state index in [9.17, 15) is 14.7 Å². The average molecular weight is 273 g/mol. The van der Waals surface area contributed by atoms with Crippen LogP contribution in [-0.2, 0) is 9.53 Å². The molecule has 0 fully saturated rings. The van der Waals surface area contributed by atoms with Gasteiger partial charge in [0.1, 0.15) is 5.60 Å². The third-order valence-electron chi connectivity index (χ3n) is 3.10. The fourth-order valence-corrected chi connectivity index (χ4v) is 2.05. The Morgan fingerprint density at radius 1 is 1.11 bits per heavy atom. The number of alkyl carbamates (subject to hydrolysis) is 1. The second kappa shape index (κ2) is 6.78. The van der Waals surface area contributed by atoms with Crippen molar-refractivity contribution in [2.45, 2.75) is 60.1 Å². The monoisotopic (exact) mass is 273 g/mol. The molecule has 0 heterocycles.